The number of carboxylic acids is 1. The van der Waals surface area contributed by atoms with Crippen LogP contribution in [0.15, 0.2) is 30.3 Å². The minimum absolute atomic E-state index is 0.268. The molecule has 0 aliphatic carbocycles. The first-order chi connectivity index (χ1) is 9.92. The van der Waals surface area contributed by atoms with Crippen LogP contribution in [-0.4, -0.2) is 29.1 Å². The van der Waals surface area contributed by atoms with Gasteiger partial charge < -0.3 is 15.2 Å². The Hall–Kier alpha value is -1.88. The summed E-state index contributed by atoms with van der Waals surface area (Å²) in [6, 6.07) is 9.58. The Balaban J connectivity index is 2.16. The zero-order valence-electron chi connectivity index (χ0n) is 12.3. The smallest absolute Gasteiger partial charge is 0.328 e. The fourth-order valence-corrected chi connectivity index (χ4v) is 2.48. The molecule has 2 atom stereocenters. The van der Waals surface area contributed by atoms with E-state index in [1.54, 1.807) is 0 Å². The number of aliphatic carboxylic acids is 1. The number of carbonyl (C=O) groups is 2. The molecule has 5 heteroatoms. The molecule has 0 aromatic heterocycles. The zero-order chi connectivity index (χ0) is 15.5. The largest absolute Gasteiger partial charge is 0.480 e. The first-order valence-electron chi connectivity index (χ1n) is 7.14. The molecule has 0 spiro atoms. The van der Waals surface area contributed by atoms with E-state index in [4.69, 9.17) is 9.84 Å². The van der Waals surface area contributed by atoms with E-state index in [2.05, 4.69) is 5.32 Å². The van der Waals surface area contributed by atoms with Gasteiger partial charge in [-0.1, -0.05) is 30.3 Å². The molecule has 1 heterocycles. The SMILES string of the molecule is CC(C)(NC(=O)C1CCCOC1c1ccccc1)C(=O)O. The van der Waals surface area contributed by atoms with Crippen LogP contribution in [0.2, 0.25) is 0 Å². The van der Waals surface area contributed by atoms with E-state index in [9.17, 15) is 9.59 Å². The second-order valence-electron chi connectivity index (χ2n) is 5.87. The first-order valence-corrected chi connectivity index (χ1v) is 7.14. The second-order valence-corrected chi connectivity index (χ2v) is 5.87. The number of ether oxygens (including phenoxy) is 1. The van der Waals surface area contributed by atoms with Crippen molar-refractivity contribution in [3.8, 4) is 0 Å². The summed E-state index contributed by atoms with van der Waals surface area (Å²) >= 11 is 0. The normalized spacial score (nSPS) is 22.6. The molecular formula is C16H21NO4. The van der Waals surface area contributed by atoms with E-state index < -0.39 is 11.5 Å². The van der Waals surface area contributed by atoms with Crippen LogP contribution < -0.4 is 5.32 Å². The van der Waals surface area contributed by atoms with Crippen LogP contribution in [0, 0.1) is 5.92 Å². The van der Waals surface area contributed by atoms with Crippen molar-refractivity contribution < 1.29 is 19.4 Å². The van der Waals surface area contributed by atoms with Crippen LogP contribution in [0.3, 0.4) is 0 Å². The highest BCUT2D eigenvalue weighted by Gasteiger charge is 2.37. The molecule has 1 aromatic carbocycles. The predicted octanol–water partition coefficient (Wildman–Crippen LogP) is 2.13. The molecule has 0 radical (unpaired) electrons. The summed E-state index contributed by atoms with van der Waals surface area (Å²) in [6.07, 6.45) is 1.18. The minimum atomic E-state index is -1.28. The third-order valence-electron chi connectivity index (χ3n) is 3.76. The van der Waals surface area contributed by atoms with E-state index in [-0.39, 0.29) is 17.9 Å². The van der Waals surface area contributed by atoms with E-state index in [1.165, 1.54) is 13.8 Å². The van der Waals surface area contributed by atoms with Crippen LogP contribution in [0.25, 0.3) is 0 Å². The Kier molecular flexibility index (Phi) is 4.63. The van der Waals surface area contributed by atoms with Gasteiger partial charge in [-0.05, 0) is 32.3 Å². The van der Waals surface area contributed by atoms with Gasteiger partial charge in [0.15, 0.2) is 0 Å². The maximum atomic E-state index is 12.4. The molecule has 1 aliphatic heterocycles. The summed E-state index contributed by atoms with van der Waals surface area (Å²) in [5.74, 6) is -1.68. The molecule has 2 N–H and O–H groups in total. The van der Waals surface area contributed by atoms with Gasteiger partial charge in [0.25, 0.3) is 0 Å². The van der Waals surface area contributed by atoms with Gasteiger partial charge in [-0.15, -0.1) is 0 Å². The summed E-state index contributed by atoms with van der Waals surface area (Å²) in [6.45, 7) is 3.58. The molecule has 114 valence electrons. The van der Waals surface area contributed by atoms with Gasteiger partial charge in [-0.2, -0.15) is 0 Å². The summed E-state index contributed by atoms with van der Waals surface area (Å²) < 4.78 is 5.76. The van der Waals surface area contributed by atoms with E-state index in [1.807, 2.05) is 30.3 Å². The van der Waals surface area contributed by atoms with Gasteiger partial charge in [-0.3, -0.25) is 4.79 Å². The third-order valence-corrected chi connectivity index (χ3v) is 3.76. The van der Waals surface area contributed by atoms with E-state index in [0.29, 0.717) is 13.0 Å². The molecule has 0 saturated carbocycles. The van der Waals surface area contributed by atoms with Gasteiger partial charge in [0, 0.05) is 6.61 Å². The number of nitrogens with one attached hydrogen (secondary N) is 1. The Morgan fingerprint density at radius 2 is 1.95 bits per heavy atom. The fraction of sp³-hybridized carbons (Fsp3) is 0.500. The van der Waals surface area contributed by atoms with Gasteiger partial charge in [0.1, 0.15) is 5.54 Å². The Morgan fingerprint density at radius 3 is 2.57 bits per heavy atom. The van der Waals surface area contributed by atoms with Gasteiger partial charge in [0.05, 0.1) is 12.0 Å². The average Bonchev–Trinajstić information content (AvgIpc) is 2.47. The molecule has 1 fully saturated rings. The number of carbonyl (C=O) groups excluding carboxylic acids is 1. The topological polar surface area (TPSA) is 75.6 Å². The molecule has 1 amide bonds. The molecular weight excluding hydrogens is 270 g/mol. The summed E-state index contributed by atoms with van der Waals surface area (Å²) in [5.41, 5.74) is -0.332. The molecule has 1 saturated heterocycles. The van der Waals surface area contributed by atoms with Gasteiger partial charge in [-0.25, -0.2) is 4.79 Å². The molecule has 1 aromatic rings. The molecule has 2 unspecified atom stereocenters. The van der Waals surface area contributed by atoms with Crippen LogP contribution in [0.1, 0.15) is 38.4 Å². The van der Waals surface area contributed by atoms with Crippen molar-refractivity contribution in [3.05, 3.63) is 35.9 Å². The maximum absolute atomic E-state index is 12.4. The predicted molar refractivity (Wildman–Crippen MR) is 77.7 cm³/mol. The number of rotatable bonds is 4. The Labute approximate surface area is 124 Å². The van der Waals surface area contributed by atoms with Crippen molar-refractivity contribution in [1.29, 1.82) is 0 Å². The maximum Gasteiger partial charge on any atom is 0.328 e. The lowest BCUT2D eigenvalue weighted by Crippen LogP contribution is -2.52. The minimum Gasteiger partial charge on any atom is -0.480 e. The molecule has 1 aliphatic rings. The van der Waals surface area contributed by atoms with Crippen molar-refractivity contribution in [2.24, 2.45) is 5.92 Å². The standard InChI is InChI=1S/C16H21NO4/c1-16(2,15(19)20)17-14(18)12-9-6-10-21-13(12)11-7-4-3-5-8-11/h3-5,7-8,12-13H,6,9-10H2,1-2H3,(H,17,18)(H,19,20). The summed E-state index contributed by atoms with van der Waals surface area (Å²) in [4.78, 5) is 23.6. The second kappa shape index (κ2) is 6.26. The van der Waals surface area contributed by atoms with Crippen LogP contribution in [0.5, 0.6) is 0 Å². The zero-order valence-corrected chi connectivity index (χ0v) is 12.3. The van der Waals surface area contributed by atoms with Crippen molar-refractivity contribution in [3.63, 3.8) is 0 Å². The highest BCUT2D eigenvalue weighted by Crippen LogP contribution is 2.34. The molecule has 21 heavy (non-hydrogen) atoms. The fourth-order valence-electron chi connectivity index (χ4n) is 2.48. The number of hydrogen-bond acceptors (Lipinski definition) is 3. The first kappa shape index (κ1) is 15.5. The van der Waals surface area contributed by atoms with Crippen molar-refractivity contribution >= 4 is 11.9 Å². The summed E-state index contributed by atoms with van der Waals surface area (Å²) in [7, 11) is 0. The van der Waals surface area contributed by atoms with Gasteiger partial charge >= 0.3 is 5.97 Å². The van der Waals surface area contributed by atoms with Crippen LogP contribution in [-0.2, 0) is 14.3 Å². The van der Waals surface area contributed by atoms with Crippen molar-refractivity contribution in [1.82, 2.24) is 5.32 Å². The molecule has 5 nitrogen and oxygen atoms in total. The van der Waals surface area contributed by atoms with Crippen molar-refractivity contribution in [2.45, 2.75) is 38.3 Å². The lowest BCUT2D eigenvalue weighted by atomic mass is 9.88. The lowest BCUT2D eigenvalue weighted by Gasteiger charge is -2.33. The Bertz CT molecular complexity index is 512. The number of amides is 1. The van der Waals surface area contributed by atoms with Crippen LogP contribution in [0.4, 0.5) is 0 Å². The molecule has 2 rings (SSSR count). The van der Waals surface area contributed by atoms with E-state index in [0.717, 1.165) is 12.0 Å². The highest BCUT2D eigenvalue weighted by atomic mass is 16.5. The van der Waals surface area contributed by atoms with Crippen molar-refractivity contribution in [2.75, 3.05) is 6.61 Å². The Morgan fingerprint density at radius 1 is 1.29 bits per heavy atom. The number of carboxylic acid groups (broad SMARTS) is 1. The summed E-state index contributed by atoms with van der Waals surface area (Å²) in [5, 5.41) is 11.7. The number of benzene rings is 1. The van der Waals surface area contributed by atoms with Crippen LogP contribution >= 0.6 is 0 Å². The quantitative estimate of drug-likeness (QED) is 0.891. The van der Waals surface area contributed by atoms with E-state index >= 15 is 0 Å². The van der Waals surface area contributed by atoms with Gasteiger partial charge in [0.2, 0.25) is 5.91 Å². The highest BCUT2D eigenvalue weighted by molar-refractivity contribution is 5.87. The number of hydrogen-bond donors (Lipinski definition) is 2. The monoisotopic (exact) mass is 291 g/mol. The lowest BCUT2D eigenvalue weighted by molar-refractivity contribution is -0.149. The third kappa shape index (κ3) is 3.61. The molecule has 0 bridgehead atoms. The average molecular weight is 291 g/mol.